The summed E-state index contributed by atoms with van der Waals surface area (Å²) in [7, 11) is 0. The van der Waals surface area contributed by atoms with Crippen LogP contribution in [0.25, 0.3) is 0 Å². The number of hydrogen-bond acceptors (Lipinski definition) is 3. The molecule has 4 rings (SSSR count). The zero-order valence-electron chi connectivity index (χ0n) is 16.8. The first kappa shape index (κ1) is 19.6. The topological polar surface area (TPSA) is 36.3 Å². The molecule has 1 saturated heterocycles. The van der Waals surface area contributed by atoms with Crippen LogP contribution in [0.3, 0.4) is 0 Å². The van der Waals surface area contributed by atoms with Gasteiger partial charge in [0, 0.05) is 45.0 Å². The summed E-state index contributed by atoms with van der Waals surface area (Å²) in [5, 5.41) is 8.69. The quantitative estimate of drug-likeness (QED) is 0.654. The third-order valence-corrected chi connectivity index (χ3v) is 5.74. The van der Waals surface area contributed by atoms with Gasteiger partial charge in [0.05, 0.1) is 6.54 Å². The van der Waals surface area contributed by atoms with Gasteiger partial charge in [0.2, 0.25) is 0 Å². The highest BCUT2D eigenvalue weighted by molar-refractivity contribution is 7.80. The van der Waals surface area contributed by atoms with Crippen LogP contribution in [0.1, 0.15) is 16.7 Å². The van der Waals surface area contributed by atoms with Crippen molar-refractivity contribution in [1.29, 1.82) is 0 Å². The van der Waals surface area contributed by atoms with Crippen molar-refractivity contribution >= 4 is 23.1 Å². The summed E-state index contributed by atoms with van der Waals surface area (Å²) >= 11 is 5.63. The number of rotatable bonds is 5. The van der Waals surface area contributed by atoms with Gasteiger partial charge in [-0.25, -0.2) is 0 Å². The van der Waals surface area contributed by atoms with Crippen LogP contribution in [0.4, 0.5) is 5.82 Å². The Kier molecular flexibility index (Phi) is 6.22. The van der Waals surface area contributed by atoms with Crippen LogP contribution in [0, 0.1) is 6.92 Å². The molecule has 0 saturated carbocycles. The molecule has 0 aliphatic carbocycles. The molecule has 0 bridgehead atoms. The summed E-state index contributed by atoms with van der Waals surface area (Å²) in [5.41, 5.74) is 3.92. The van der Waals surface area contributed by atoms with E-state index in [9.17, 15) is 0 Å². The van der Waals surface area contributed by atoms with E-state index in [4.69, 9.17) is 12.2 Å². The standard InChI is InChI=1S/C23H27N5S/c1-19-7-5-6-10-21(19)18-28-12-11-22(25-28)24-23(29)27-15-13-26(14-16-27)17-20-8-3-2-4-9-20/h2-12H,13-18H2,1H3,(H,24,25,29). The summed E-state index contributed by atoms with van der Waals surface area (Å²) in [5.74, 6) is 0.801. The van der Waals surface area contributed by atoms with Gasteiger partial charge in [-0.3, -0.25) is 9.58 Å². The van der Waals surface area contributed by atoms with Crippen molar-refractivity contribution in [3.63, 3.8) is 0 Å². The molecule has 3 aromatic rings. The van der Waals surface area contributed by atoms with Crippen LogP contribution in [0.15, 0.2) is 66.9 Å². The Hall–Kier alpha value is -2.70. The Balaban J connectivity index is 1.27. The summed E-state index contributed by atoms with van der Waals surface area (Å²) in [6, 6.07) is 21.0. The van der Waals surface area contributed by atoms with Gasteiger partial charge in [0.1, 0.15) is 0 Å². The minimum atomic E-state index is 0.755. The third kappa shape index (κ3) is 5.22. The molecule has 1 fully saturated rings. The molecule has 0 atom stereocenters. The molecule has 150 valence electrons. The first-order chi connectivity index (χ1) is 14.2. The van der Waals surface area contributed by atoms with Gasteiger partial charge in [-0.1, -0.05) is 54.6 Å². The molecule has 6 heteroatoms. The van der Waals surface area contributed by atoms with Crippen LogP contribution < -0.4 is 5.32 Å². The number of aromatic nitrogens is 2. The van der Waals surface area contributed by atoms with E-state index in [2.05, 4.69) is 81.7 Å². The number of anilines is 1. The predicted molar refractivity (Wildman–Crippen MR) is 122 cm³/mol. The molecule has 5 nitrogen and oxygen atoms in total. The smallest absolute Gasteiger partial charge is 0.174 e. The van der Waals surface area contributed by atoms with Crippen LogP contribution >= 0.6 is 12.2 Å². The number of nitrogens with one attached hydrogen (secondary N) is 1. The van der Waals surface area contributed by atoms with E-state index < -0.39 is 0 Å². The highest BCUT2D eigenvalue weighted by Crippen LogP contribution is 2.13. The highest BCUT2D eigenvalue weighted by Gasteiger charge is 2.19. The Labute approximate surface area is 177 Å². The second-order valence-corrected chi connectivity index (χ2v) is 7.89. The summed E-state index contributed by atoms with van der Waals surface area (Å²) in [6.45, 7) is 7.78. The van der Waals surface area contributed by atoms with Gasteiger partial charge in [0.25, 0.3) is 0 Å². The Bertz CT molecular complexity index is 945. The molecule has 2 heterocycles. The largest absolute Gasteiger partial charge is 0.346 e. The number of hydrogen-bond donors (Lipinski definition) is 1. The van der Waals surface area contributed by atoms with Crippen molar-refractivity contribution in [2.24, 2.45) is 0 Å². The van der Waals surface area contributed by atoms with E-state index in [1.165, 1.54) is 16.7 Å². The van der Waals surface area contributed by atoms with Gasteiger partial charge in [-0.05, 0) is 35.8 Å². The number of benzene rings is 2. The summed E-state index contributed by atoms with van der Waals surface area (Å²) in [4.78, 5) is 4.71. The predicted octanol–water partition coefficient (Wildman–Crippen LogP) is 3.75. The zero-order chi connectivity index (χ0) is 20.1. The average molecular weight is 406 g/mol. The van der Waals surface area contributed by atoms with Crippen molar-refractivity contribution < 1.29 is 0 Å². The first-order valence-corrected chi connectivity index (χ1v) is 10.5. The number of thiocarbonyl (C=S) groups is 1. The van der Waals surface area contributed by atoms with Crippen LogP contribution in [-0.4, -0.2) is 50.9 Å². The lowest BCUT2D eigenvalue weighted by molar-refractivity contribution is 0.177. The fraction of sp³-hybridized carbons (Fsp3) is 0.304. The fourth-order valence-electron chi connectivity index (χ4n) is 3.62. The third-order valence-electron chi connectivity index (χ3n) is 5.38. The van der Waals surface area contributed by atoms with Gasteiger partial charge in [-0.2, -0.15) is 5.10 Å². The van der Waals surface area contributed by atoms with E-state index in [1.807, 2.05) is 16.9 Å². The van der Waals surface area contributed by atoms with Crippen LogP contribution in [-0.2, 0) is 13.1 Å². The molecule has 29 heavy (non-hydrogen) atoms. The van der Waals surface area contributed by atoms with Crippen molar-refractivity contribution in [1.82, 2.24) is 19.6 Å². The molecule has 0 amide bonds. The molecule has 1 aliphatic heterocycles. The van der Waals surface area contributed by atoms with E-state index in [0.29, 0.717) is 0 Å². The minimum Gasteiger partial charge on any atom is -0.346 e. The van der Waals surface area contributed by atoms with E-state index >= 15 is 0 Å². The van der Waals surface area contributed by atoms with Crippen molar-refractivity contribution in [3.8, 4) is 0 Å². The average Bonchev–Trinajstić information content (AvgIpc) is 3.18. The van der Waals surface area contributed by atoms with Crippen molar-refractivity contribution in [2.45, 2.75) is 20.0 Å². The second-order valence-electron chi connectivity index (χ2n) is 7.50. The van der Waals surface area contributed by atoms with Gasteiger partial charge in [-0.15, -0.1) is 0 Å². The second kappa shape index (κ2) is 9.20. The Morgan fingerprint density at radius 1 is 0.931 bits per heavy atom. The lowest BCUT2D eigenvalue weighted by Crippen LogP contribution is -2.49. The summed E-state index contributed by atoms with van der Waals surface area (Å²) in [6.07, 6.45) is 2.00. The van der Waals surface area contributed by atoms with E-state index in [-0.39, 0.29) is 0 Å². The molecular formula is C23H27N5S. The molecule has 0 spiro atoms. The lowest BCUT2D eigenvalue weighted by atomic mass is 10.1. The monoisotopic (exact) mass is 405 g/mol. The molecular weight excluding hydrogens is 378 g/mol. The van der Waals surface area contributed by atoms with Crippen LogP contribution in [0.2, 0.25) is 0 Å². The fourth-order valence-corrected chi connectivity index (χ4v) is 3.90. The maximum atomic E-state index is 5.63. The Morgan fingerprint density at radius 3 is 2.41 bits per heavy atom. The molecule has 1 N–H and O–H groups in total. The number of aryl methyl sites for hydroxylation is 1. The molecule has 2 aromatic carbocycles. The zero-order valence-corrected chi connectivity index (χ0v) is 17.6. The highest BCUT2D eigenvalue weighted by atomic mass is 32.1. The number of nitrogens with zero attached hydrogens (tertiary/aromatic N) is 4. The lowest BCUT2D eigenvalue weighted by Gasteiger charge is -2.36. The first-order valence-electron chi connectivity index (χ1n) is 10.1. The Morgan fingerprint density at radius 2 is 1.66 bits per heavy atom. The van der Waals surface area contributed by atoms with E-state index in [1.54, 1.807) is 0 Å². The van der Waals surface area contributed by atoms with Gasteiger partial charge in [0.15, 0.2) is 10.9 Å². The van der Waals surface area contributed by atoms with E-state index in [0.717, 1.165) is 50.2 Å². The van der Waals surface area contributed by atoms with Crippen molar-refractivity contribution in [2.75, 3.05) is 31.5 Å². The molecule has 0 unspecified atom stereocenters. The molecule has 1 aliphatic rings. The minimum absolute atomic E-state index is 0.755. The molecule has 0 radical (unpaired) electrons. The normalized spacial score (nSPS) is 14.7. The molecule has 1 aromatic heterocycles. The van der Waals surface area contributed by atoms with Gasteiger partial charge >= 0.3 is 0 Å². The maximum absolute atomic E-state index is 5.63. The van der Waals surface area contributed by atoms with Gasteiger partial charge < -0.3 is 10.2 Å². The summed E-state index contributed by atoms with van der Waals surface area (Å²) < 4.78 is 1.95. The van der Waals surface area contributed by atoms with Crippen molar-refractivity contribution in [3.05, 3.63) is 83.6 Å². The van der Waals surface area contributed by atoms with Crippen LogP contribution in [0.5, 0.6) is 0 Å². The number of piperazine rings is 1. The SMILES string of the molecule is Cc1ccccc1Cn1ccc(NC(=S)N2CCN(Cc3ccccc3)CC2)n1. The maximum Gasteiger partial charge on any atom is 0.174 e.